The molecular formula is C10H9NO2. The molecule has 2 atom stereocenters. The molecule has 2 N–H and O–H groups in total. The van der Waals surface area contributed by atoms with Gasteiger partial charge in [0.15, 0.2) is 6.29 Å². The minimum Gasteiger partial charge on any atom is -0.366 e. The van der Waals surface area contributed by atoms with Gasteiger partial charge in [0.05, 0.1) is 0 Å². The highest BCUT2D eigenvalue weighted by molar-refractivity contribution is 5.83. The lowest BCUT2D eigenvalue weighted by molar-refractivity contribution is 0.156. The maximum absolute atomic E-state index is 9.12. The van der Waals surface area contributed by atoms with E-state index in [0.717, 1.165) is 16.5 Å². The Balaban J connectivity index is 2.19. The van der Waals surface area contributed by atoms with Crippen LogP contribution in [0.5, 0.6) is 0 Å². The number of aromatic nitrogens is 1. The van der Waals surface area contributed by atoms with Crippen molar-refractivity contribution in [2.45, 2.75) is 12.4 Å². The van der Waals surface area contributed by atoms with Gasteiger partial charge in [0.2, 0.25) is 0 Å². The Hall–Kier alpha value is -1.32. The van der Waals surface area contributed by atoms with Gasteiger partial charge in [-0.15, -0.1) is 0 Å². The van der Waals surface area contributed by atoms with E-state index in [2.05, 4.69) is 4.98 Å². The van der Waals surface area contributed by atoms with Crippen molar-refractivity contribution in [1.29, 1.82) is 0 Å². The Morgan fingerprint density at radius 2 is 2.08 bits per heavy atom. The van der Waals surface area contributed by atoms with Crippen molar-refractivity contribution in [2.24, 2.45) is 0 Å². The lowest BCUT2D eigenvalue weighted by Gasteiger charge is -1.90. The molecule has 1 aromatic heterocycles. The Bertz CT molecular complexity index is 449. The topological polar surface area (TPSA) is 48.5 Å². The number of ether oxygens (including phenoxy) is 1. The quantitative estimate of drug-likeness (QED) is 0.646. The van der Waals surface area contributed by atoms with Crippen molar-refractivity contribution in [1.82, 2.24) is 4.98 Å². The Labute approximate surface area is 75.0 Å². The van der Waals surface area contributed by atoms with Crippen LogP contribution in [0.1, 0.15) is 11.7 Å². The highest BCUT2D eigenvalue weighted by atomic mass is 16.7. The molecule has 2 unspecified atom stereocenters. The maximum Gasteiger partial charge on any atom is 0.186 e. The third-order valence-electron chi connectivity index (χ3n) is 2.40. The van der Waals surface area contributed by atoms with E-state index in [4.69, 9.17) is 9.84 Å². The van der Waals surface area contributed by atoms with Crippen LogP contribution in [0.2, 0.25) is 0 Å². The summed E-state index contributed by atoms with van der Waals surface area (Å²) in [5, 5.41) is 10.3. The molecule has 3 heteroatoms. The van der Waals surface area contributed by atoms with Crippen LogP contribution in [0.4, 0.5) is 0 Å². The molecule has 0 bridgehead atoms. The van der Waals surface area contributed by atoms with E-state index in [9.17, 15) is 0 Å². The molecule has 0 amide bonds. The van der Waals surface area contributed by atoms with Crippen LogP contribution in [0.15, 0.2) is 30.5 Å². The smallest absolute Gasteiger partial charge is 0.186 e. The first-order valence-electron chi connectivity index (χ1n) is 4.26. The predicted molar refractivity (Wildman–Crippen MR) is 48.1 cm³/mol. The van der Waals surface area contributed by atoms with Crippen molar-refractivity contribution in [2.75, 3.05) is 0 Å². The van der Waals surface area contributed by atoms with Gasteiger partial charge in [-0.25, -0.2) is 0 Å². The molecule has 1 fully saturated rings. The van der Waals surface area contributed by atoms with Crippen LogP contribution in [-0.4, -0.2) is 16.4 Å². The average molecular weight is 175 g/mol. The van der Waals surface area contributed by atoms with E-state index < -0.39 is 6.29 Å². The fourth-order valence-electron chi connectivity index (χ4n) is 1.66. The second-order valence-corrected chi connectivity index (χ2v) is 3.24. The standard InChI is InChI=1S/C10H9NO2/c12-10-9(13-10)7-5-11-8-4-2-1-3-6(7)8/h1-5,9-12H. The second-order valence-electron chi connectivity index (χ2n) is 3.24. The van der Waals surface area contributed by atoms with Gasteiger partial charge in [-0.1, -0.05) is 18.2 Å². The molecule has 1 saturated heterocycles. The fraction of sp³-hybridized carbons (Fsp3) is 0.200. The zero-order valence-electron chi connectivity index (χ0n) is 6.90. The lowest BCUT2D eigenvalue weighted by Crippen LogP contribution is -1.83. The molecule has 66 valence electrons. The van der Waals surface area contributed by atoms with Crippen molar-refractivity contribution in [3.63, 3.8) is 0 Å². The van der Waals surface area contributed by atoms with Gasteiger partial charge in [0.1, 0.15) is 6.10 Å². The molecule has 1 aliphatic rings. The first kappa shape index (κ1) is 7.12. The first-order chi connectivity index (χ1) is 6.36. The number of para-hydroxylation sites is 1. The number of fused-ring (bicyclic) bond motifs is 1. The molecule has 3 nitrogen and oxygen atoms in total. The van der Waals surface area contributed by atoms with E-state index in [1.165, 1.54) is 0 Å². The van der Waals surface area contributed by atoms with Crippen LogP contribution in [0.3, 0.4) is 0 Å². The minimum absolute atomic E-state index is 0.129. The van der Waals surface area contributed by atoms with Crippen molar-refractivity contribution in [3.05, 3.63) is 36.0 Å². The summed E-state index contributed by atoms with van der Waals surface area (Å²) in [4.78, 5) is 3.14. The molecule has 0 spiro atoms. The average Bonchev–Trinajstić information content (AvgIpc) is 2.74. The molecule has 2 aromatic rings. The molecule has 0 saturated carbocycles. The van der Waals surface area contributed by atoms with E-state index >= 15 is 0 Å². The maximum atomic E-state index is 9.12. The number of aliphatic hydroxyl groups excluding tert-OH is 1. The summed E-state index contributed by atoms with van der Waals surface area (Å²) >= 11 is 0. The zero-order chi connectivity index (χ0) is 8.84. The molecule has 0 radical (unpaired) electrons. The Morgan fingerprint density at radius 1 is 1.31 bits per heavy atom. The van der Waals surface area contributed by atoms with Gasteiger partial charge in [0.25, 0.3) is 0 Å². The molecule has 0 aliphatic carbocycles. The van der Waals surface area contributed by atoms with E-state index in [1.807, 2.05) is 30.5 Å². The summed E-state index contributed by atoms with van der Waals surface area (Å²) in [6, 6.07) is 7.99. The largest absolute Gasteiger partial charge is 0.366 e. The van der Waals surface area contributed by atoms with Gasteiger partial charge >= 0.3 is 0 Å². The van der Waals surface area contributed by atoms with Gasteiger partial charge in [-0.2, -0.15) is 0 Å². The molecular weight excluding hydrogens is 166 g/mol. The SMILES string of the molecule is OC1OC1c1c[nH]c2ccccc12. The Morgan fingerprint density at radius 3 is 2.85 bits per heavy atom. The summed E-state index contributed by atoms with van der Waals surface area (Å²) in [6.45, 7) is 0. The monoisotopic (exact) mass is 175 g/mol. The number of epoxide rings is 1. The van der Waals surface area contributed by atoms with Gasteiger partial charge in [-0.3, -0.25) is 0 Å². The third-order valence-corrected chi connectivity index (χ3v) is 2.40. The Kier molecular flexibility index (Phi) is 1.28. The highest BCUT2D eigenvalue weighted by Crippen LogP contribution is 2.39. The summed E-state index contributed by atoms with van der Waals surface area (Å²) in [5.74, 6) is 0. The summed E-state index contributed by atoms with van der Waals surface area (Å²) in [5.41, 5.74) is 2.13. The van der Waals surface area contributed by atoms with Crippen LogP contribution in [-0.2, 0) is 4.74 Å². The van der Waals surface area contributed by atoms with Gasteiger partial charge in [-0.05, 0) is 6.07 Å². The molecule has 2 heterocycles. The molecule has 13 heavy (non-hydrogen) atoms. The predicted octanol–water partition coefficient (Wildman–Crippen LogP) is 1.56. The number of benzene rings is 1. The number of nitrogens with one attached hydrogen (secondary N) is 1. The number of hydrogen-bond acceptors (Lipinski definition) is 2. The summed E-state index contributed by atoms with van der Waals surface area (Å²) in [6.07, 6.45) is 1.15. The first-order valence-corrected chi connectivity index (χ1v) is 4.26. The highest BCUT2D eigenvalue weighted by Gasteiger charge is 2.39. The van der Waals surface area contributed by atoms with Crippen molar-refractivity contribution >= 4 is 10.9 Å². The molecule has 1 aliphatic heterocycles. The lowest BCUT2D eigenvalue weighted by atomic mass is 10.1. The molecule has 3 rings (SSSR count). The van der Waals surface area contributed by atoms with Crippen LogP contribution in [0.25, 0.3) is 10.9 Å². The van der Waals surface area contributed by atoms with Crippen LogP contribution < -0.4 is 0 Å². The van der Waals surface area contributed by atoms with Crippen molar-refractivity contribution < 1.29 is 9.84 Å². The molecule has 1 aromatic carbocycles. The fourth-order valence-corrected chi connectivity index (χ4v) is 1.66. The van der Waals surface area contributed by atoms with E-state index in [-0.39, 0.29) is 6.10 Å². The van der Waals surface area contributed by atoms with Gasteiger partial charge in [0, 0.05) is 22.7 Å². The number of rotatable bonds is 1. The third kappa shape index (κ3) is 0.978. The normalized spacial score (nSPS) is 26.5. The van der Waals surface area contributed by atoms with Crippen LogP contribution >= 0.6 is 0 Å². The minimum atomic E-state index is -0.612. The van der Waals surface area contributed by atoms with Gasteiger partial charge < -0.3 is 14.8 Å². The zero-order valence-corrected chi connectivity index (χ0v) is 6.90. The summed E-state index contributed by atoms with van der Waals surface area (Å²) in [7, 11) is 0. The van der Waals surface area contributed by atoms with E-state index in [1.54, 1.807) is 0 Å². The number of aliphatic hydroxyl groups is 1. The van der Waals surface area contributed by atoms with E-state index in [0.29, 0.717) is 0 Å². The number of aromatic amines is 1. The summed E-state index contributed by atoms with van der Waals surface area (Å²) < 4.78 is 5.00. The number of hydrogen-bond donors (Lipinski definition) is 2. The second kappa shape index (κ2) is 2.34. The number of H-pyrrole nitrogens is 1. The van der Waals surface area contributed by atoms with Crippen molar-refractivity contribution in [3.8, 4) is 0 Å². The van der Waals surface area contributed by atoms with Crippen LogP contribution in [0, 0.1) is 0 Å².